The molecule has 0 saturated heterocycles. The fraction of sp³-hybridized carbons (Fsp3) is 0.600. The highest BCUT2D eigenvalue weighted by Crippen LogP contribution is 2.45. The van der Waals surface area contributed by atoms with Gasteiger partial charge in [-0.15, -0.1) is 0 Å². The van der Waals surface area contributed by atoms with E-state index in [1.807, 2.05) is 30.3 Å². The maximum Gasteiger partial charge on any atom is 0.193 e. The van der Waals surface area contributed by atoms with Gasteiger partial charge in [0, 0.05) is 11.2 Å². The van der Waals surface area contributed by atoms with Crippen LogP contribution in [0.3, 0.4) is 0 Å². The predicted molar refractivity (Wildman–Crippen MR) is 87.6 cm³/mol. The van der Waals surface area contributed by atoms with Gasteiger partial charge in [-0.2, -0.15) is 0 Å². The van der Waals surface area contributed by atoms with Gasteiger partial charge in [-0.3, -0.25) is 4.03 Å². The number of hydrogen-bond acceptors (Lipinski definition) is 2. The zero-order valence-electron chi connectivity index (χ0n) is 13.2. The number of rotatable bonds is 4. The second-order valence-electron chi connectivity index (χ2n) is 6.64. The van der Waals surface area contributed by atoms with Gasteiger partial charge in [0.1, 0.15) is 0 Å². The molecule has 1 unspecified atom stereocenters. The lowest BCUT2D eigenvalue weighted by molar-refractivity contribution is 0.458. The molecular weight excluding hydrogens is 270 g/mol. The first-order valence-electron chi connectivity index (χ1n) is 6.79. The van der Waals surface area contributed by atoms with E-state index in [0.29, 0.717) is 5.92 Å². The molecule has 0 aromatic heterocycles. The molecule has 1 rings (SSSR count). The standard InChI is InChI=1S/C15H27NOSSi/c1-13(2)15(3,4)19(6,7)16-18(5,17)14-11-9-8-10-12-14/h8-13H,1-7H3. The lowest BCUT2D eigenvalue weighted by atomic mass is 9.99. The summed E-state index contributed by atoms with van der Waals surface area (Å²) in [6.07, 6.45) is 1.77. The minimum Gasteiger partial charge on any atom is -0.274 e. The average molecular weight is 298 g/mol. The van der Waals surface area contributed by atoms with Gasteiger partial charge in [0.25, 0.3) is 0 Å². The molecule has 19 heavy (non-hydrogen) atoms. The van der Waals surface area contributed by atoms with E-state index >= 15 is 0 Å². The van der Waals surface area contributed by atoms with Crippen LogP contribution in [-0.2, 0) is 9.73 Å². The van der Waals surface area contributed by atoms with Gasteiger partial charge in [0.2, 0.25) is 0 Å². The highest BCUT2D eigenvalue weighted by atomic mass is 32.2. The van der Waals surface area contributed by atoms with Gasteiger partial charge in [0.15, 0.2) is 8.24 Å². The summed E-state index contributed by atoms with van der Waals surface area (Å²) in [6.45, 7) is 13.4. The summed E-state index contributed by atoms with van der Waals surface area (Å²) in [6, 6.07) is 9.63. The summed E-state index contributed by atoms with van der Waals surface area (Å²) in [5, 5.41) is 0.125. The van der Waals surface area contributed by atoms with Crippen LogP contribution in [0.1, 0.15) is 27.7 Å². The smallest absolute Gasteiger partial charge is 0.193 e. The van der Waals surface area contributed by atoms with E-state index in [9.17, 15) is 4.21 Å². The SMILES string of the molecule is CC(C)C(C)(C)[Si](C)(C)N=S(C)(=O)c1ccccc1. The third-order valence-corrected chi connectivity index (χ3v) is 12.7. The van der Waals surface area contributed by atoms with Crippen molar-refractivity contribution in [3.05, 3.63) is 30.3 Å². The van der Waals surface area contributed by atoms with Crippen molar-refractivity contribution in [1.29, 1.82) is 0 Å². The predicted octanol–water partition coefficient (Wildman–Crippen LogP) is 4.78. The molecule has 0 saturated carbocycles. The summed E-state index contributed by atoms with van der Waals surface area (Å²) in [7, 11) is -4.26. The van der Waals surface area contributed by atoms with E-state index in [0.717, 1.165) is 4.90 Å². The Morgan fingerprint density at radius 1 is 1.16 bits per heavy atom. The maximum absolute atomic E-state index is 12.9. The fourth-order valence-electron chi connectivity index (χ4n) is 1.99. The lowest BCUT2D eigenvalue weighted by Gasteiger charge is -2.40. The van der Waals surface area contributed by atoms with Crippen LogP contribution in [0, 0.1) is 5.92 Å². The minimum absolute atomic E-state index is 0.125. The first kappa shape index (κ1) is 16.4. The van der Waals surface area contributed by atoms with Crippen molar-refractivity contribution in [2.45, 2.75) is 50.7 Å². The van der Waals surface area contributed by atoms with Crippen LogP contribution in [0.2, 0.25) is 18.1 Å². The highest BCUT2D eigenvalue weighted by Gasteiger charge is 2.43. The van der Waals surface area contributed by atoms with Crippen LogP contribution in [0.4, 0.5) is 0 Å². The van der Waals surface area contributed by atoms with E-state index in [4.69, 9.17) is 4.03 Å². The molecule has 0 aliphatic carbocycles. The summed E-state index contributed by atoms with van der Waals surface area (Å²) in [5.41, 5.74) is 0. The number of hydrogen-bond donors (Lipinski definition) is 0. The minimum atomic E-state index is -2.30. The molecule has 1 aromatic carbocycles. The second-order valence-corrected chi connectivity index (χ2v) is 13.9. The molecule has 0 N–H and O–H groups in total. The lowest BCUT2D eigenvalue weighted by Crippen LogP contribution is -2.41. The van der Waals surface area contributed by atoms with E-state index in [1.54, 1.807) is 6.26 Å². The monoisotopic (exact) mass is 297 g/mol. The molecular formula is C15H27NOSSi. The Morgan fingerprint density at radius 2 is 1.63 bits per heavy atom. The Kier molecular flexibility index (Phi) is 4.68. The Hall–Kier alpha value is -0.613. The van der Waals surface area contributed by atoms with Crippen LogP contribution in [0.25, 0.3) is 0 Å². The molecule has 0 fully saturated rings. The molecule has 0 spiro atoms. The van der Waals surface area contributed by atoms with Gasteiger partial charge >= 0.3 is 0 Å². The zero-order valence-corrected chi connectivity index (χ0v) is 15.0. The van der Waals surface area contributed by atoms with Gasteiger partial charge in [-0.05, 0) is 36.2 Å². The number of benzene rings is 1. The molecule has 0 aliphatic heterocycles. The summed E-state index contributed by atoms with van der Waals surface area (Å²) >= 11 is 0. The Labute approximate surface area is 119 Å². The molecule has 1 aromatic rings. The van der Waals surface area contributed by atoms with Crippen molar-refractivity contribution in [1.82, 2.24) is 0 Å². The van der Waals surface area contributed by atoms with Crippen LogP contribution in [0.5, 0.6) is 0 Å². The van der Waals surface area contributed by atoms with Crippen molar-refractivity contribution < 1.29 is 4.21 Å². The molecule has 0 heterocycles. The summed E-state index contributed by atoms with van der Waals surface area (Å²) in [4.78, 5) is 0.843. The van der Waals surface area contributed by atoms with E-state index in [1.165, 1.54) is 0 Å². The first-order chi connectivity index (χ1) is 8.51. The summed E-state index contributed by atoms with van der Waals surface area (Å²) < 4.78 is 17.8. The second kappa shape index (κ2) is 5.41. The molecule has 4 heteroatoms. The third-order valence-electron chi connectivity index (χ3n) is 4.60. The van der Waals surface area contributed by atoms with Crippen molar-refractivity contribution in [2.75, 3.05) is 6.26 Å². The molecule has 0 aliphatic rings. The van der Waals surface area contributed by atoms with Crippen LogP contribution in [0.15, 0.2) is 39.3 Å². The van der Waals surface area contributed by atoms with Crippen molar-refractivity contribution >= 4 is 18.0 Å². The molecule has 2 nitrogen and oxygen atoms in total. The average Bonchev–Trinajstić information content (AvgIpc) is 2.28. The van der Waals surface area contributed by atoms with Crippen molar-refractivity contribution in [2.24, 2.45) is 9.95 Å². The molecule has 1 atom stereocenters. The topological polar surface area (TPSA) is 29.4 Å². The fourth-order valence-corrected chi connectivity index (χ4v) is 8.91. The van der Waals surface area contributed by atoms with Crippen molar-refractivity contribution in [3.63, 3.8) is 0 Å². The van der Waals surface area contributed by atoms with Gasteiger partial charge in [0.05, 0.1) is 9.73 Å². The van der Waals surface area contributed by atoms with E-state index in [-0.39, 0.29) is 5.04 Å². The molecule has 0 radical (unpaired) electrons. The number of nitrogens with zero attached hydrogens (tertiary/aromatic N) is 1. The van der Waals surface area contributed by atoms with E-state index in [2.05, 4.69) is 40.8 Å². The Morgan fingerprint density at radius 3 is 2.05 bits per heavy atom. The van der Waals surface area contributed by atoms with Gasteiger partial charge in [-0.25, -0.2) is 4.21 Å². The molecule has 0 amide bonds. The quantitative estimate of drug-likeness (QED) is 0.735. The van der Waals surface area contributed by atoms with Gasteiger partial charge in [-0.1, -0.05) is 45.9 Å². The zero-order chi connectivity index (χ0) is 14.9. The van der Waals surface area contributed by atoms with E-state index < -0.39 is 18.0 Å². The highest BCUT2D eigenvalue weighted by molar-refractivity contribution is 7.93. The van der Waals surface area contributed by atoms with Crippen LogP contribution < -0.4 is 0 Å². The Bertz CT molecular complexity index is 541. The van der Waals surface area contributed by atoms with Crippen molar-refractivity contribution in [3.8, 4) is 0 Å². The Balaban J connectivity index is 3.32. The first-order valence-corrected chi connectivity index (χ1v) is 11.7. The normalized spacial score (nSPS) is 16.2. The molecule has 108 valence electrons. The maximum atomic E-state index is 12.9. The van der Waals surface area contributed by atoms with Gasteiger partial charge < -0.3 is 0 Å². The largest absolute Gasteiger partial charge is 0.274 e. The van der Waals surface area contributed by atoms with Crippen LogP contribution in [-0.4, -0.2) is 18.7 Å². The summed E-state index contributed by atoms with van der Waals surface area (Å²) in [5.74, 6) is 0.531. The van der Waals surface area contributed by atoms with Crippen LogP contribution >= 0.6 is 0 Å². The molecule has 0 bridgehead atoms. The third kappa shape index (κ3) is 3.48.